The Morgan fingerprint density at radius 3 is 2.65 bits per heavy atom. The van der Waals surface area contributed by atoms with E-state index < -0.39 is 11.7 Å². The normalized spacial score (nSPS) is 11.5. The number of benzene rings is 2. The Morgan fingerprint density at radius 2 is 1.92 bits per heavy atom. The van der Waals surface area contributed by atoms with Gasteiger partial charge in [0.05, 0.1) is 12.9 Å². The fourth-order valence-electron chi connectivity index (χ4n) is 2.73. The van der Waals surface area contributed by atoms with Gasteiger partial charge in [0.2, 0.25) is 0 Å². The maximum Gasteiger partial charge on any atom is 0.407 e. The number of furan rings is 1. The van der Waals surface area contributed by atoms with Gasteiger partial charge >= 0.3 is 6.09 Å². The van der Waals surface area contributed by atoms with Gasteiger partial charge in [0, 0.05) is 17.5 Å². The van der Waals surface area contributed by atoms with E-state index in [0.29, 0.717) is 6.54 Å². The Kier molecular flexibility index (Phi) is 5.00. The number of fused-ring (bicyclic) bond motifs is 1. The number of rotatable bonds is 4. The molecular formula is C21H23NO4. The lowest BCUT2D eigenvalue weighted by Gasteiger charge is -2.19. The summed E-state index contributed by atoms with van der Waals surface area (Å²) < 4.78 is 10.7. The number of ether oxygens (including phenoxy) is 1. The van der Waals surface area contributed by atoms with E-state index in [0.717, 1.165) is 33.2 Å². The lowest BCUT2D eigenvalue weighted by atomic mass is 10.0. The first-order chi connectivity index (χ1) is 12.4. The Hall–Kier alpha value is -2.79. The van der Waals surface area contributed by atoms with E-state index in [2.05, 4.69) is 5.32 Å². The van der Waals surface area contributed by atoms with Crippen molar-refractivity contribution in [3.63, 3.8) is 0 Å². The third kappa shape index (κ3) is 4.24. The summed E-state index contributed by atoms with van der Waals surface area (Å²) >= 11 is 0. The monoisotopic (exact) mass is 353 g/mol. The number of aliphatic hydroxyl groups is 1. The minimum Gasteiger partial charge on any atom is -0.464 e. The number of hydrogen-bond acceptors (Lipinski definition) is 4. The van der Waals surface area contributed by atoms with Gasteiger partial charge in [-0.2, -0.15) is 0 Å². The fourth-order valence-corrected chi connectivity index (χ4v) is 2.73. The average Bonchev–Trinajstić information content (AvgIpc) is 3.01. The summed E-state index contributed by atoms with van der Waals surface area (Å²) in [6, 6.07) is 13.8. The summed E-state index contributed by atoms with van der Waals surface area (Å²) in [7, 11) is 0. The van der Waals surface area contributed by atoms with Crippen LogP contribution in [0.25, 0.3) is 22.1 Å². The molecule has 2 N–H and O–H groups in total. The van der Waals surface area contributed by atoms with E-state index in [4.69, 9.17) is 9.15 Å². The highest BCUT2D eigenvalue weighted by molar-refractivity contribution is 5.86. The lowest BCUT2D eigenvalue weighted by molar-refractivity contribution is 0.0523. The first-order valence-electron chi connectivity index (χ1n) is 8.53. The van der Waals surface area contributed by atoms with Crippen molar-refractivity contribution in [1.82, 2.24) is 5.32 Å². The molecule has 0 fully saturated rings. The lowest BCUT2D eigenvalue weighted by Crippen LogP contribution is -2.32. The largest absolute Gasteiger partial charge is 0.464 e. The topological polar surface area (TPSA) is 71.7 Å². The van der Waals surface area contributed by atoms with Crippen LogP contribution in [0.2, 0.25) is 0 Å². The van der Waals surface area contributed by atoms with Gasteiger partial charge in [0.25, 0.3) is 0 Å². The molecule has 3 aromatic rings. The predicted octanol–water partition coefficient (Wildman–Crippen LogP) is 4.62. The minimum absolute atomic E-state index is 0.0592. The summed E-state index contributed by atoms with van der Waals surface area (Å²) in [4.78, 5) is 11.8. The second-order valence-electron chi connectivity index (χ2n) is 7.19. The molecule has 136 valence electrons. The zero-order valence-electron chi connectivity index (χ0n) is 15.2. The number of amides is 1. The molecule has 0 spiro atoms. The zero-order valence-corrected chi connectivity index (χ0v) is 15.2. The van der Waals surface area contributed by atoms with Crippen LogP contribution in [0.4, 0.5) is 4.79 Å². The Labute approximate surface area is 152 Å². The van der Waals surface area contributed by atoms with E-state index in [1.807, 2.05) is 63.2 Å². The van der Waals surface area contributed by atoms with E-state index in [9.17, 15) is 9.90 Å². The number of alkyl carbamates (subject to hydrolysis) is 1. The van der Waals surface area contributed by atoms with Crippen LogP contribution in [0.5, 0.6) is 0 Å². The quantitative estimate of drug-likeness (QED) is 0.718. The molecule has 0 unspecified atom stereocenters. The SMILES string of the molecule is CC(C)(C)OC(=O)NCc1cccc(-c2ccc3occ(CO)c3c2)c1. The number of carbonyl (C=O) groups excluding carboxylic acids is 1. The van der Waals surface area contributed by atoms with Crippen LogP contribution in [0.3, 0.4) is 0 Å². The average molecular weight is 353 g/mol. The van der Waals surface area contributed by atoms with Gasteiger partial charge in [-0.15, -0.1) is 0 Å². The van der Waals surface area contributed by atoms with Crippen LogP contribution in [0, 0.1) is 0 Å². The Balaban J connectivity index is 1.78. The summed E-state index contributed by atoms with van der Waals surface area (Å²) in [5.41, 5.74) is 4.03. The third-order valence-corrected chi connectivity index (χ3v) is 3.92. The standard InChI is InChI=1S/C21H23NO4/c1-21(2,3)26-20(24)22-11-14-5-4-6-15(9-14)16-7-8-19-18(10-16)17(12-23)13-25-19/h4-10,13,23H,11-12H2,1-3H3,(H,22,24). The van der Waals surface area contributed by atoms with Crippen LogP contribution < -0.4 is 5.32 Å². The highest BCUT2D eigenvalue weighted by atomic mass is 16.6. The van der Waals surface area contributed by atoms with Crippen molar-refractivity contribution < 1.29 is 19.1 Å². The molecule has 1 heterocycles. The molecule has 0 radical (unpaired) electrons. The molecule has 3 rings (SSSR count). The number of carbonyl (C=O) groups is 1. The van der Waals surface area contributed by atoms with E-state index >= 15 is 0 Å². The number of aliphatic hydroxyl groups excluding tert-OH is 1. The Morgan fingerprint density at radius 1 is 1.15 bits per heavy atom. The van der Waals surface area contributed by atoms with E-state index in [1.54, 1.807) is 6.26 Å². The Bertz CT molecular complexity index is 921. The summed E-state index contributed by atoms with van der Waals surface area (Å²) in [6.45, 7) is 5.83. The van der Waals surface area contributed by atoms with Crippen molar-refractivity contribution in [1.29, 1.82) is 0 Å². The van der Waals surface area contributed by atoms with Gasteiger partial charge < -0.3 is 19.6 Å². The maximum atomic E-state index is 11.8. The molecule has 0 bridgehead atoms. The van der Waals surface area contributed by atoms with Crippen molar-refractivity contribution in [2.75, 3.05) is 0 Å². The van der Waals surface area contributed by atoms with Crippen molar-refractivity contribution >= 4 is 17.1 Å². The summed E-state index contributed by atoms with van der Waals surface area (Å²) in [5.74, 6) is 0. The van der Waals surface area contributed by atoms with Gasteiger partial charge in [-0.1, -0.05) is 24.3 Å². The van der Waals surface area contributed by atoms with Crippen LogP contribution in [-0.4, -0.2) is 16.8 Å². The molecule has 1 aromatic heterocycles. The van der Waals surface area contributed by atoms with Crippen molar-refractivity contribution in [2.45, 2.75) is 39.5 Å². The molecule has 1 amide bonds. The first-order valence-corrected chi connectivity index (χ1v) is 8.53. The molecule has 0 saturated heterocycles. The van der Waals surface area contributed by atoms with Gasteiger partial charge in [-0.05, 0) is 55.7 Å². The fraction of sp³-hybridized carbons (Fsp3) is 0.286. The van der Waals surface area contributed by atoms with E-state index in [-0.39, 0.29) is 6.61 Å². The second-order valence-corrected chi connectivity index (χ2v) is 7.19. The minimum atomic E-state index is -0.518. The summed E-state index contributed by atoms with van der Waals surface area (Å²) in [6.07, 6.45) is 1.14. The highest BCUT2D eigenvalue weighted by Gasteiger charge is 2.15. The molecule has 0 atom stereocenters. The molecule has 0 aliphatic carbocycles. The molecule has 0 saturated carbocycles. The predicted molar refractivity (Wildman–Crippen MR) is 101 cm³/mol. The highest BCUT2D eigenvalue weighted by Crippen LogP contribution is 2.28. The van der Waals surface area contributed by atoms with Gasteiger partial charge in [0.15, 0.2) is 0 Å². The zero-order chi connectivity index (χ0) is 18.7. The second kappa shape index (κ2) is 7.22. The van der Waals surface area contributed by atoms with Gasteiger partial charge in [-0.3, -0.25) is 0 Å². The smallest absolute Gasteiger partial charge is 0.407 e. The van der Waals surface area contributed by atoms with Gasteiger partial charge in [-0.25, -0.2) is 4.79 Å². The van der Waals surface area contributed by atoms with Crippen LogP contribution in [-0.2, 0) is 17.9 Å². The maximum absolute atomic E-state index is 11.8. The van der Waals surface area contributed by atoms with Crippen LogP contribution >= 0.6 is 0 Å². The molecular weight excluding hydrogens is 330 g/mol. The summed E-state index contributed by atoms with van der Waals surface area (Å²) in [5, 5.41) is 13.1. The molecule has 2 aromatic carbocycles. The third-order valence-electron chi connectivity index (χ3n) is 3.92. The van der Waals surface area contributed by atoms with Gasteiger partial charge in [0.1, 0.15) is 11.2 Å². The van der Waals surface area contributed by atoms with Crippen LogP contribution in [0.1, 0.15) is 31.9 Å². The molecule has 0 aliphatic rings. The molecule has 26 heavy (non-hydrogen) atoms. The van der Waals surface area contributed by atoms with Crippen molar-refractivity contribution in [3.8, 4) is 11.1 Å². The molecule has 5 nitrogen and oxygen atoms in total. The molecule has 5 heteroatoms. The van der Waals surface area contributed by atoms with Crippen LogP contribution in [0.15, 0.2) is 53.1 Å². The first kappa shape index (κ1) is 18.0. The number of hydrogen-bond donors (Lipinski definition) is 2. The van der Waals surface area contributed by atoms with Crippen molar-refractivity contribution in [2.24, 2.45) is 0 Å². The van der Waals surface area contributed by atoms with Crippen molar-refractivity contribution in [3.05, 3.63) is 59.9 Å². The van der Waals surface area contributed by atoms with E-state index in [1.165, 1.54) is 0 Å². The number of nitrogens with one attached hydrogen (secondary N) is 1. The molecule has 0 aliphatic heterocycles.